The van der Waals surface area contributed by atoms with Gasteiger partial charge in [-0.3, -0.25) is 23.9 Å². The van der Waals surface area contributed by atoms with Gasteiger partial charge in [-0.2, -0.15) is 13.2 Å². The van der Waals surface area contributed by atoms with Gasteiger partial charge in [0.25, 0.3) is 5.56 Å². The van der Waals surface area contributed by atoms with Crippen molar-refractivity contribution in [1.82, 2.24) is 14.8 Å². The molecule has 2 aliphatic rings. The van der Waals surface area contributed by atoms with E-state index in [1.165, 1.54) is 25.1 Å². The van der Waals surface area contributed by atoms with Crippen LogP contribution >= 0.6 is 0 Å². The normalized spacial score (nSPS) is 18.2. The van der Waals surface area contributed by atoms with E-state index in [9.17, 15) is 37.1 Å². The van der Waals surface area contributed by atoms with Crippen LogP contribution in [0.5, 0.6) is 5.75 Å². The predicted molar refractivity (Wildman–Crippen MR) is 174 cm³/mol. The fraction of sp³-hybridized carbons (Fsp3) is 0.324. The van der Waals surface area contributed by atoms with Gasteiger partial charge in [-0.05, 0) is 78.4 Å². The molecular formula is C37H33F6N3O5. The minimum absolute atomic E-state index is 0.0103. The Hall–Kier alpha value is -5.11. The van der Waals surface area contributed by atoms with E-state index in [2.05, 4.69) is 5.32 Å². The summed E-state index contributed by atoms with van der Waals surface area (Å²) < 4.78 is 94.5. The Kier molecular flexibility index (Phi) is 9.73. The molecular weight excluding hydrogens is 680 g/mol. The molecule has 0 saturated carbocycles. The van der Waals surface area contributed by atoms with E-state index < -0.39 is 76.6 Å². The van der Waals surface area contributed by atoms with Crippen LogP contribution < -0.4 is 15.6 Å². The Bertz CT molecular complexity index is 2080. The third-order valence-corrected chi connectivity index (χ3v) is 9.23. The van der Waals surface area contributed by atoms with Crippen molar-refractivity contribution in [1.29, 1.82) is 0 Å². The highest BCUT2D eigenvalue weighted by Crippen LogP contribution is 2.38. The lowest BCUT2D eigenvalue weighted by Gasteiger charge is -2.34. The van der Waals surface area contributed by atoms with Gasteiger partial charge in [0.15, 0.2) is 0 Å². The summed E-state index contributed by atoms with van der Waals surface area (Å²) in [6, 6.07) is 8.56. The first kappa shape index (κ1) is 35.7. The van der Waals surface area contributed by atoms with Gasteiger partial charge in [-0.1, -0.05) is 18.2 Å². The second-order valence-corrected chi connectivity index (χ2v) is 12.9. The number of carboxylic acids is 1. The molecule has 0 unspecified atom stereocenters. The number of nitrogens with zero attached hydrogens (tertiary/aromatic N) is 2. The monoisotopic (exact) mass is 713 g/mol. The van der Waals surface area contributed by atoms with Gasteiger partial charge in [0, 0.05) is 48.6 Å². The quantitative estimate of drug-likeness (QED) is 0.223. The largest absolute Gasteiger partial charge is 0.488 e. The van der Waals surface area contributed by atoms with E-state index in [0.29, 0.717) is 33.1 Å². The molecule has 0 radical (unpaired) electrons. The second-order valence-electron chi connectivity index (χ2n) is 12.9. The molecule has 3 heterocycles. The Morgan fingerprint density at radius 1 is 1.00 bits per heavy atom. The lowest BCUT2D eigenvalue weighted by atomic mass is 9.91. The number of halogens is 6. The maximum absolute atomic E-state index is 15.9. The Morgan fingerprint density at radius 2 is 1.75 bits per heavy atom. The number of aliphatic carboxylic acids is 1. The van der Waals surface area contributed by atoms with Crippen molar-refractivity contribution in [3.8, 4) is 16.9 Å². The highest BCUT2D eigenvalue weighted by molar-refractivity contribution is 5.85. The van der Waals surface area contributed by atoms with Crippen LogP contribution in [-0.4, -0.2) is 52.3 Å². The summed E-state index contributed by atoms with van der Waals surface area (Å²) in [6.45, 7) is 3.17. The fourth-order valence-corrected chi connectivity index (χ4v) is 6.69. The molecule has 4 bridgehead atoms. The number of carbonyl (C=O) groups excluding carboxylic acids is 1. The Labute approximate surface area is 288 Å². The number of aromatic nitrogens is 1. The van der Waals surface area contributed by atoms with Crippen molar-refractivity contribution in [2.75, 3.05) is 19.6 Å². The Morgan fingerprint density at radius 3 is 2.43 bits per heavy atom. The average Bonchev–Trinajstić information content (AvgIpc) is 3.03. The molecule has 2 atom stereocenters. The molecule has 1 amide bonds. The summed E-state index contributed by atoms with van der Waals surface area (Å²) in [5.41, 5.74) is -1.39. The minimum atomic E-state index is -4.97. The third-order valence-electron chi connectivity index (χ3n) is 9.23. The van der Waals surface area contributed by atoms with Crippen molar-refractivity contribution in [3.63, 3.8) is 0 Å². The zero-order valence-corrected chi connectivity index (χ0v) is 27.5. The van der Waals surface area contributed by atoms with Crippen molar-refractivity contribution in [2.24, 2.45) is 0 Å². The van der Waals surface area contributed by atoms with Crippen LogP contribution in [0.3, 0.4) is 0 Å². The van der Waals surface area contributed by atoms with Crippen molar-refractivity contribution >= 4 is 11.9 Å². The lowest BCUT2D eigenvalue weighted by Crippen LogP contribution is -2.49. The molecule has 0 aliphatic carbocycles. The van der Waals surface area contributed by atoms with E-state index >= 15 is 8.78 Å². The number of nitrogens with one attached hydrogen (secondary N) is 1. The van der Waals surface area contributed by atoms with Gasteiger partial charge in [-0.25, -0.2) is 13.2 Å². The highest BCUT2D eigenvalue weighted by atomic mass is 19.4. The van der Waals surface area contributed by atoms with Crippen LogP contribution in [0.4, 0.5) is 26.3 Å². The molecule has 0 spiro atoms. The summed E-state index contributed by atoms with van der Waals surface area (Å²) in [4.78, 5) is 41.5. The predicted octanol–water partition coefficient (Wildman–Crippen LogP) is 6.44. The van der Waals surface area contributed by atoms with Crippen LogP contribution in [0.1, 0.15) is 57.4 Å². The maximum Gasteiger partial charge on any atom is 0.416 e. The van der Waals surface area contributed by atoms with Crippen LogP contribution in [0, 0.1) is 25.5 Å². The lowest BCUT2D eigenvalue weighted by molar-refractivity contribution is -0.139. The summed E-state index contributed by atoms with van der Waals surface area (Å²) >= 11 is 0. The van der Waals surface area contributed by atoms with Crippen LogP contribution in [0.2, 0.25) is 0 Å². The highest BCUT2D eigenvalue weighted by Gasteiger charge is 2.37. The zero-order chi connectivity index (χ0) is 36.8. The number of carbonyl (C=O) groups is 2. The number of pyridine rings is 1. The van der Waals surface area contributed by atoms with E-state index in [-0.39, 0.29) is 43.8 Å². The number of fused-ring (bicyclic) bond motifs is 6. The minimum Gasteiger partial charge on any atom is -0.488 e. The van der Waals surface area contributed by atoms with Crippen molar-refractivity contribution < 1.29 is 45.8 Å². The number of hydrogen-bond acceptors (Lipinski definition) is 5. The number of rotatable bonds is 6. The summed E-state index contributed by atoms with van der Waals surface area (Å²) in [5.74, 6) is -4.05. The molecule has 268 valence electrons. The van der Waals surface area contributed by atoms with E-state index in [1.807, 2.05) is 0 Å². The SMILES string of the molecule is Cc1cc2cc(c1F)[C@H](CC(=O)O)NC(=O)[C@H](n1cc(CCN3CC(F)C3)c(C(F)(F)F)cc1=O)c1cc(ccc1F)COc1cccc(C)c1-2. The molecule has 1 aromatic heterocycles. The zero-order valence-electron chi connectivity index (χ0n) is 27.5. The van der Waals surface area contributed by atoms with Gasteiger partial charge < -0.3 is 15.2 Å². The number of carboxylic acid groups (broad SMARTS) is 1. The van der Waals surface area contributed by atoms with E-state index in [1.54, 1.807) is 36.1 Å². The molecule has 1 fully saturated rings. The number of likely N-dealkylation sites (tertiary alicyclic amines) is 1. The number of ether oxygens (including phenoxy) is 1. The molecule has 14 heteroatoms. The van der Waals surface area contributed by atoms with Crippen LogP contribution in [0.25, 0.3) is 11.1 Å². The smallest absolute Gasteiger partial charge is 0.416 e. The molecule has 3 aromatic carbocycles. The average molecular weight is 714 g/mol. The van der Waals surface area contributed by atoms with E-state index in [4.69, 9.17) is 4.74 Å². The molecule has 6 rings (SSSR count). The summed E-state index contributed by atoms with van der Waals surface area (Å²) in [6.07, 6.45) is -6.38. The fourth-order valence-electron chi connectivity index (χ4n) is 6.69. The van der Waals surface area contributed by atoms with Crippen LogP contribution in [0.15, 0.2) is 65.6 Å². The van der Waals surface area contributed by atoms with E-state index in [0.717, 1.165) is 17.8 Å². The Balaban J connectivity index is 1.56. The van der Waals surface area contributed by atoms with Gasteiger partial charge in [0.1, 0.15) is 36.2 Å². The van der Waals surface area contributed by atoms with Crippen LogP contribution in [-0.2, 0) is 28.8 Å². The molecule has 2 N–H and O–H groups in total. The summed E-state index contributed by atoms with van der Waals surface area (Å²) in [7, 11) is 0. The second kappa shape index (κ2) is 13.9. The molecule has 4 aromatic rings. The maximum atomic E-state index is 15.9. The van der Waals surface area contributed by atoms with Gasteiger partial charge in [0.2, 0.25) is 5.91 Å². The van der Waals surface area contributed by atoms with Crippen molar-refractivity contribution in [3.05, 3.63) is 122 Å². The van der Waals surface area contributed by atoms with Gasteiger partial charge >= 0.3 is 12.1 Å². The number of hydrogen-bond donors (Lipinski definition) is 2. The standard InChI is InChI=1S/C37H33F6N3O5/c1-19-4-3-5-30-33(19)23-10-20(2)34(40)26(12-23)29(14-32(48)49)44-36(50)35(25-11-21(18-51-30)6-7-28(25)39)46-15-22(8-9-45-16-24(38)17-45)27(13-31(46)47)37(41,42)43/h3-7,10-13,15,24,29,35H,8-9,14,16-18H2,1-2H3,(H,44,50)(H,48,49)/t29-,35+/m0/s1. The number of alkyl halides is 4. The first-order valence-corrected chi connectivity index (χ1v) is 16.1. The third kappa shape index (κ3) is 7.36. The molecule has 8 nitrogen and oxygen atoms in total. The molecule has 2 aliphatic heterocycles. The number of benzene rings is 3. The number of amides is 1. The summed E-state index contributed by atoms with van der Waals surface area (Å²) in [5, 5.41) is 12.3. The van der Waals surface area contributed by atoms with Crippen molar-refractivity contribution in [2.45, 2.75) is 57.7 Å². The topological polar surface area (TPSA) is 101 Å². The first-order chi connectivity index (χ1) is 24.1. The number of aryl methyl sites for hydroxylation is 2. The first-order valence-electron chi connectivity index (χ1n) is 16.1. The van der Waals surface area contributed by atoms with Gasteiger partial charge in [0.05, 0.1) is 18.0 Å². The van der Waals surface area contributed by atoms with Gasteiger partial charge in [-0.15, -0.1) is 0 Å². The molecule has 51 heavy (non-hydrogen) atoms. The molecule has 1 saturated heterocycles.